The van der Waals surface area contributed by atoms with Crippen LogP contribution >= 0.6 is 11.8 Å². The summed E-state index contributed by atoms with van der Waals surface area (Å²) < 4.78 is 0. The van der Waals surface area contributed by atoms with Crippen LogP contribution in [0.25, 0.3) is 0 Å². The third-order valence-corrected chi connectivity index (χ3v) is 3.21. The van der Waals surface area contributed by atoms with Crippen LogP contribution in [-0.2, 0) is 4.79 Å². The Morgan fingerprint density at radius 3 is 2.91 bits per heavy atom. The second-order valence-corrected chi connectivity index (χ2v) is 3.79. The average Bonchev–Trinajstić information content (AvgIpc) is 2.04. The lowest BCUT2D eigenvalue weighted by Gasteiger charge is -2.27. The predicted octanol–water partition coefficient (Wildman–Crippen LogP) is 0.412. The molecule has 64 valence electrons. The summed E-state index contributed by atoms with van der Waals surface area (Å²) >= 11 is 1.66. The standard InChI is InChI=1S/C7H13NO2S/c1-11-6-2-3-8-4-5(6)7(9)10/h5-6,8H,2-4H2,1H3,(H,9,10). The first-order chi connectivity index (χ1) is 5.25. The Labute approximate surface area is 70.6 Å². The van der Waals surface area contributed by atoms with E-state index >= 15 is 0 Å². The van der Waals surface area contributed by atoms with E-state index in [0.717, 1.165) is 13.0 Å². The number of piperidine rings is 1. The van der Waals surface area contributed by atoms with Gasteiger partial charge in [-0.3, -0.25) is 4.79 Å². The summed E-state index contributed by atoms with van der Waals surface area (Å²) in [5, 5.41) is 12.2. The van der Waals surface area contributed by atoms with Crippen molar-refractivity contribution in [3.63, 3.8) is 0 Å². The lowest BCUT2D eigenvalue weighted by atomic mass is 9.99. The zero-order valence-corrected chi connectivity index (χ0v) is 7.36. The average molecular weight is 175 g/mol. The van der Waals surface area contributed by atoms with Gasteiger partial charge >= 0.3 is 5.97 Å². The van der Waals surface area contributed by atoms with Gasteiger partial charge in [0, 0.05) is 11.8 Å². The third-order valence-electron chi connectivity index (χ3n) is 2.04. The van der Waals surface area contributed by atoms with Gasteiger partial charge in [0.15, 0.2) is 0 Å². The molecule has 4 heteroatoms. The third kappa shape index (κ3) is 2.10. The van der Waals surface area contributed by atoms with Crippen LogP contribution in [0.1, 0.15) is 6.42 Å². The highest BCUT2D eigenvalue weighted by Crippen LogP contribution is 2.22. The Morgan fingerprint density at radius 1 is 1.73 bits per heavy atom. The largest absolute Gasteiger partial charge is 0.481 e. The Bertz CT molecular complexity index is 151. The molecule has 1 saturated heterocycles. The van der Waals surface area contributed by atoms with Crippen molar-refractivity contribution in [2.45, 2.75) is 11.7 Å². The number of nitrogens with one attached hydrogen (secondary N) is 1. The van der Waals surface area contributed by atoms with Gasteiger partial charge in [-0.1, -0.05) is 0 Å². The number of thioether (sulfide) groups is 1. The van der Waals surface area contributed by atoms with Crippen molar-refractivity contribution in [3.05, 3.63) is 0 Å². The van der Waals surface area contributed by atoms with Crippen LogP contribution in [0.5, 0.6) is 0 Å². The molecule has 0 aliphatic carbocycles. The molecule has 1 aliphatic heterocycles. The first-order valence-electron chi connectivity index (χ1n) is 3.72. The van der Waals surface area contributed by atoms with E-state index in [1.165, 1.54) is 0 Å². The van der Waals surface area contributed by atoms with E-state index in [4.69, 9.17) is 5.11 Å². The van der Waals surface area contributed by atoms with Gasteiger partial charge in [0.1, 0.15) is 0 Å². The van der Waals surface area contributed by atoms with Crippen LogP contribution in [0.3, 0.4) is 0 Å². The van der Waals surface area contributed by atoms with Crippen molar-refractivity contribution in [3.8, 4) is 0 Å². The second kappa shape index (κ2) is 3.97. The molecule has 2 atom stereocenters. The van der Waals surface area contributed by atoms with Gasteiger partial charge in [0.2, 0.25) is 0 Å². The molecule has 11 heavy (non-hydrogen) atoms. The van der Waals surface area contributed by atoms with E-state index in [1.54, 1.807) is 11.8 Å². The SMILES string of the molecule is CSC1CCNCC1C(=O)O. The topological polar surface area (TPSA) is 49.3 Å². The first kappa shape index (κ1) is 8.87. The molecule has 2 N–H and O–H groups in total. The fraction of sp³-hybridized carbons (Fsp3) is 0.857. The Balaban J connectivity index is 2.51. The maximum atomic E-state index is 10.7. The molecule has 0 saturated carbocycles. The number of carbonyl (C=O) groups is 1. The zero-order valence-electron chi connectivity index (χ0n) is 6.54. The smallest absolute Gasteiger partial charge is 0.308 e. The molecule has 0 bridgehead atoms. The van der Waals surface area contributed by atoms with Crippen LogP contribution in [-0.4, -0.2) is 35.7 Å². The first-order valence-corrected chi connectivity index (χ1v) is 5.01. The zero-order chi connectivity index (χ0) is 8.27. The minimum atomic E-state index is -0.670. The number of rotatable bonds is 2. The molecular formula is C7H13NO2S. The lowest BCUT2D eigenvalue weighted by Crippen LogP contribution is -2.42. The van der Waals surface area contributed by atoms with Crippen molar-refractivity contribution in [1.29, 1.82) is 0 Å². The van der Waals surface area contributed by atoms with Crippen LogP contribution in [0.15, 0.2) is 0 Å². The summed E-state index contributed by atoms with van der Waals surface area (Å²) in [7, 11) is 0. The van der Waals surface area contributed by atoms with Crippen LogP contribution < -0.4 is 5.32 Å². The van der Waals surface area contributed by atoms with E-state index in [9.17, 15) is 4.79 Å². The van der Waals surface area contributed by atoms with Crippen molar-refractivity contribution < 1.29 is 9.90 Å². The number of hydrogen-bond donors (Lipinski definition) is 2. The molecule has 0 aromatic carbocycles. The van der Waals surface area contributed by atoms with Gasteiger partial charge < -0.3 is 10.4 Å². The normalized spacial score (nSPS) is 31.7. The van der Waals surface area contributed by atoms with Crippen LogP contribution in [0.2, 0.25) is 0 Å². The molecular weight excluding hydrogens is 162 g/mol. The van der Waals surface area contributed by atoms with Gasteiger partial charge in [-0.25, -0.2) is 0 Å². The fourth-order valence-corrected chi connectivity index (χ4v) is 2.26. The number of hydrogen-bond acceptors (Lipinski definition) is 3. The highest BCUT2D eigenvalue weighted by molar-refractivity contribution is 7.99. The summed E-state index contributed by atoms with van der Waals surface area (Å²) in [6.45, 7) is 1.58. The molecule has 0 aromatic heterocycles. The summed E-state index contributed by atoms with van der Waals surface area (Å²) in [6.07, 6.45) is 2.95. The van der Waals surface area contributed by atoms with Gasteiger partial charge in [-0.05, 0) is 19.2 Å². The van der Waals surface area contributed by atoms with Gasteiger partial charge in [-0.2, -0.15) is 11.8 Å². The summed E-state index contributed by atoms with van der Waals surface area (Å²) in [5.74, 6) is -0.865. The highest BCUT2D eigenvalue weighted by atomic mass is 32.2. The molecule has 1 aliphatic rings. The summed E-state index contributed by atoms with van der Waals surface area (Å²) in [4.78, 5) is 10.7. The van der Waals surface area contributed by atoms with Crippen molar-refractivity contribution in [1.82, 2.24) is 5.32 Å². The molecule has 0 aromatic rings. The van der Waals surface area contributed by atoms with E-state index in [-0.39, 0.29) is 5.92 Å². The van der Waals surface area contributed by atoms with Gasteiger partial charge in [0.25, 0.3) is 0 Å². The number of aliphatic carboxylic acids is 1. The highest BCUT2D eigenvalue weighted by Gasteiger charge is 2.29. The fourth-order valence-electron chi connectivity index (χ4n) is 1.36. The molecule has 0 radical (unpaired) electrons. The molecule has 0 amide bonds. The van der Waals surface area contributed by atoms with E-state index in [2.05, 4.69) is 5.32 Å². The van der Waals surface area contributed by atoms with E-state index < -0.39 is 5.97 Å². The van der Waals surface area contributed by atoms with Gasteiger partial charge in [0.05, 0.1) is 5.92 Å². The van der Waals surface area contributed by atoms with Crippen molar-refractivity contribution >= 4 is 17.7 Å². The molecule has 1 fully saturated rings. The molecule has 1 heterocycles. The van der Waals surface area contributed by atoms with E-state index in [1.807, 2.05) is 6.26 Å². The lowest BCUT2D eigenvalue weighted by molar-refractivity contribution is -0.141. The minimum absolute atomic E-state index is 0.196. The minimum Gasteiger partial charge on any atom is -0.481 e. The van der Waals surface area contributed by atoms with Crippen LogP contribution in [0, 0.1) is 5.92 Å². The van der Waals surface area contributed by atoms with Crippen molar-refractivity contribution in [2.75, 3.05) is 19.3 Å². The summed E-state index contributed by atoms with van der Waals surface area (Å²) in [6, 6.07) is 0. The maximum absolute atomic E-state index is 10.7. The Morgan fingerprint density at radius 2 is 2.45 bits per heavy atom. The number of carboxylic acids is 1. The molecule has 2 unspecified atom stereocenters. The molecule has 3 nitrogen and oxygen atoms in total. The summed E-state index contributed by atoms with van der Waals surface area (Å²) in [5.41, 5.74) is 0. The molecule has 1 rings (SSSR count). The Hall–Kier alpha value is -0.220. The number of carboxylic acid groups (broad SMARTS) is 1. The van der Waals surface area contributed by atoms with Crippen LogP contribution in [0.4, 0.5) is 0 Å². The van der Waals surface area contributed by atoms with E-state index in [0.29, 0.717) is 11.8 Å². The monoisotopic (exact) mass is 175 g/mol. The quantitative estimate of drug-likeness (QED) is 0.638. The van der Waals surface area contributed by atoms with Crippen molar-refractivity contribution in [2.24, 2.45) is 5.92 Å². The predicted molar refractivity (Wildman–Crippen MR) is 45.9 cm³/mol. The maximum Gasteiger partial charge on any atom is 0.308 e. The molecule has 0 spiro atoms. The Kier molecular flexibility index (Phi) is 3.20. The second-order valence-electron chi connectivity index (χ2n) is 2.71. The van der Waals surface area contributed by atoms with Gasteiger partial charge in [-0.15, -0.1) is 0 Å².